The van der Waals surface area contributed by atoms with Crippen LogP contribution in [0.15, 0.2) is 34.9 Å². The molecule has 1 fully saturated rings. The molecule has 3 rings (SSSR count). The molecular formula is C15H19N3O. The molecule has 19 heavy (non-hydrogen) atoms. The first-order chi connectivity index (χ1) is 9.24. The summed E-state index contributed by atoms with van der Waals surface area (Å²) in [5, 5.41) is 4.11. The third kappa shape index (κ3) is 2.54. The number of nitrogens with two attached hydrogens (primary N) is 1. The van der Waals surface area contributed by atoms with Gasteiger partial charge in [-0.2, -0.15) is 4.98 Å². The molecule has 100 valence electrons. The van der Waals surface area contributed by atoms with Crippen molar-refractivity contribution in [1.29, 1.82) is 0 Å². The highest BCUT2D eigenvalue weighted by Gasteiger charge is 2.27. The lowest BCUT2D eigenvalue weighted by Gasteiger charge is -2.06. The molecule has 0 bridgehead atoms. The number of rotatable bonds is 3. The second kappa shape index (κ2) is 5.13. The Kier molecular flexibility index (Phi) is 3.34. The summed E-state index contributed by atoms with van der Waals surface area (Å²) in [7, 11) is 0. The van der Waals surface area contributed by atoms with Gasteiger partial charge in [0.25, 0.3) is 0 Å². The first-order valence-corrected chi connectivity index (χ1v) is 6.88. The van der Waals surface area contributed by atoms with Gasteiger partial charge in [-0.25, -0.2) is 0 Å². The average Bonchev–Trinajstić information content (AvgIpc) is 3.07. The Labute approximate surface area is 113 Å². The first kappa shape index (κ1) is 12.4. The molecule has 2 aromatic rings. The van der Waals surface area contributed by atoms with Gasteiger partial charge in [-0.1, -0.05) is 42.4 Å². The fourth-order valence-electron chi connectivity index (χ4n) is 2.78. The molecule has 3 atom stereocenters. The van der Waals surface area contributed by atoms with Gasteiger partial charge in [-0.05, 0) is 30.7 Å². The van der Waals surface area contributed by atoms with E-state index >= 15 is 0 Å². The minimum atomic E-state index is -0.332. The molecule has 0 radical (unpaired) electrons. The van der Waals surface area contributed by atoms with Crippen LogP contribution in [-0.2, 0) is 0 Å². The van der Waals surface area contributed by atoms with Crippen LogP contribution < -0.4 is 5.73 Å². The van der Waals surface area contributed by atoms with Crippen molar-refractivity contribution in [1.82, 2.24) is 10.1 Å². The smallest absolute Gasteiger partial charge is 0.248 e. The molecule has 1 heterocycles. The predicted octanol–water partition coefficient (Wildman–Crippen LogP) is 3.02. The van der Waals surface area contributed by atoms with Crippen molar-refractivity contribution in [3.63, 3.8) is 0 Å². The minimum absolute atomic E-state index is 0.332. The zero-order valence-electron chi connectivity index (χ0n) is 11.1. The van der Waals surface area contributed by atoms with Gasteiger partial charge in [-0.3, -0.25) is 0 Å². The Balaban J connectivity index is 1.78. The zero-order valence-corrected chi connectivity index (χ0v) is 11.1. The Hall–Kier alpha value is -1.68. The topological polar surface area (TPSA) is 64.9 Å². The summed E-state index contributed by atoms with van der Waals surface area (Å²) < 4.78 is 5.34. The number of hydrogen-bond donors (Lipinski definition) is 1. The van der Waals surface area contributed by atoms with E-state index in [0.717, 1.165) is 30.1 Å². The van der Waals surface area contributed by atoms with E-state index in [9.17, 15) is 0 Å². The van der Waals surface area contributed by atoms with Crippen LogP contribution in [0.1, 0.15) is 55.4 Å². The Morgan fingerprint density at radius 1 is 1.26 bits per heavy atom. The zero-order chi connectivity index (χ0) is 13.2. The summed E-state index contributed by atoms with van der Waals surface area (Å²) in [5.41, 5.74) is 7.16. The van der Waals surface area contributed by atoms with Crippen molar-refractivity contribution in [3.05, 3.63) is 47.6 Å². The van der Waals surface area contributed by atoms with E-state index in [1.165, 1.54) is 6.42 Å². The van der Waals surface area contributed by atoms with Gasteiger partial charge in [0.15, 0.2) is 5.82 Å². The summed E-state index contributed by atoms with van der Waals surface area (Å²) in [4.78, 5) is 4.50. The van der Waals surface area contributed by atoms with Gasteiger partial charge in [0, 0.05) is 5.92 Å². The van der Waals surface area contributed by atoms with Gasteiger partial charge in [0.1, 0.15) is 6.04 Å². The summed E-state index contributed by atoms with van der Waals surface area (Å²) >= 11 is 0. The van der Waals surface area contributed by atoms with Gasteiger partial charge in [0.05, 0.1) is 0 Å². The molecule has 2 N–H and O–H groups in total. The summed E-state index contributed by atoms with van der Waals surface area (Å²) in [6.07, 6.45) is 3.56. The van der Waals surface area contributed by atoms with Crippen molar-refractivity contribution in [3.8, 4) is 0 Å². The fraction of sp³-hybridized carbons (Fsp3) is 0.467. The molecule has 1 saturated carbocycles. The summed E-state index contributed by atoms with van der Waals surface area (Å²) in [6.45, 7) is 2.27. The van der Waals surface area contributed by atoms with Crippen LogP contribution in [0.5, 0.6) is 0 Å². The monoisotopic (exact) mass is 257 g/mol. The standard InChI is InChI=1S/C15H19N3O/c1-10-7-8-12(9-10)14-17-15(19-18-14)13(16)11-5-3-2-4-6-11/h2-6,10,12-13H,7-9,16H2,1H3/t10?,12?,13-/m0/s1. The van der Waals surface area contributed by atoms with Crippen molar-refractivity contribution in [2.75, 3.05) is 0 Å². The van der Waals surface area contributed by atoms with E-state index < -0.39 is 0 Å². The van der Waals surface area contributed by atoms with Crippen LogP contribution in [0.2, 0.25) is 0 Å². The van der Waals surface area contributed by atoms with E-state index in [2.05, 4.69) is 17.1 Å². The predicted molar refractivity (Wildman–Crippen MR) is 72.5 cm³/mol. The Morgan fingerprint density at radius 2 is 2.05 bits per heavy atom. The maximum absolute atomic E-state index is 6.16. The number of benzene rings is 1. The van der Waals surface area contributed by atoms with Crippen molar-refractivity contribution < 1.29 is 4.52 Å². The average molecular weight is 257 g/mol. The molecule has 1 aromatic carbocycles. The highest BCUT2D eigenvalue weighted by molar-refractivity contribution is 5.23. The molecule has 0 saturated heterocycles. The molecule has 2 unspecified atom stereocenters. The van der Waals surface area contributed by atoms with E-state index in [4.69, 9.17) is 10.3 Å². The Morgan fingerprint density at radius 3 is 2.74 bits per heavy atom. The lowest BCUT2D eigenvalue weighted by Crippen LogP contribution is -2.12. The molecule has 1 aliphatic carbocycles. The molecule has 1 aliphatic rings. The SMILES string of the molecule is CC1CCC(c2noc([C@@H](N)c3ccccc3)n2)C1. The highest BCUT2D eigenvalue weighted by atomic mass is 16.5. The summed E-state index contributed by atoms with van der Waals surface area (Å²) in [5.74, 6) is 2.54. The Bertz CT molecular complexity index is 537. The molecule has 1 aromatic heterocycles. The normalized spacial score (nSPS) is 24.5. The van der Waals surface area contributed by atoms with E-state index in [1.807, 2.05) is 30.3 Å². The van der Waals surface area contributed by atoms with Crippen LogP contribution in [0.3, 0.4) is 0 Å². The van der Waals surface area contributed by atoms with Crippen LogP contribution >= 0.6 is 0 Å². The largest absolute Gasteiger partial charge is 0.337 e. The third-order valence-corrected chi connectivity index (χ3v) is 3.94. The van der Waals surface area contributed by atoms with E-state index in [0.29, 0.717) is 11.8 Å². The van der Waals surface area contributed by atoms with Crippen LogP contribution in [0, 0.1) is 5.92 Å². The molecule has 0 spiro atoms. The lowest BCUT2D eigenvalue weighted by molar-refractivity contribution is 0.359. The molecular weight excluding hydrogens is 238 g/mol. The first-order valence-electron chi connectivity index (χ1n) is 6.88. The fourth-order valence-corrected chi connectivity index (χ4v) is 2.78. The maximum Gasteiger partial charge on any atom is 0.248 e. The van der Waals surface area contributed by atoms with E-state index in [-0.39, 0.29) is 6.04 Å². The molecule has 4 nitrogen and oxygen atoms in total. The number of nitrogens with zero attached hydrogens (tertiary/aromatic N) is 2. The van der Waals surface area contributed by atoms with Gasteiger partial charge in [-0.15, -0.1) is 0 Å². The third-order valence-electron chi connectivity index (χ3n) is 3.94. The number of hydrogen-bond acceptors (Lipinski definition) is 4. The van der Waals surface area contributed by atoms with Gasteiger partial charge < -0.3 is 10.3 Å². The maximum atomic E-state index is 6.16. The van der Waals surface area contributed by atoms with Crippen LogP contribution in [-0.4, -0.2) is 10.1 Å². The second-order valence-corrected chi connectivity index (χ2v) is 5.49. The highest BCUT2D eigenvalue weighted by Crippen LogP contribution is 2.36. The second-order valence-electron chi connectivity index (χ2n) is 5.49. The lowest BCUT2D eigenvalue weighted by atomic mass is 10.1. The molecule has 4 heteroatoms. The van der Waals surface area contributed by atoms with Gasteiger partial charge in [0.2, 0.25) is 5.89 Å². The van der Waals surface area contributed by atoms with Crippen molar-refractivity contribution in [2.24, 2.45) is 11.7 Å². The van der Waals surface area contributed by atoms with E-state index in [1.54, 1.807) is 0 Å². The van der Waals surface area contributed by atoms with Crippen LogP contribution in [0.4, 0.5) is 0 Å². The van der Waals surface area contributed by atoms with Crippen molar-refractivity contribution >= 4 is 0 Å². The molecule has 0 aliphatic heterocycles. The quantitative estimate of drug-likeness (QED) is 0.918. The van der Waals surface area contributed by atoms with Gasteiger partial charge >= 0.3 is 0 Å². The van der Waals surface area contributed by atoms with Crippen LogP contribution in [0.25, 0.3) is 0 Å². The number of aromatic nitrogens is 2. The van der Waals surface area contributed by atoms with Crippen molar-refractivity contribution in [2.45, 2.75) is 38.1 Å². The molecule has 0 amide bonds. The minimum Gasteiger partial charge on any atom is -0.337 e. The summed E-state index contributed by atoms with van der Waals surface area (Å²) in [6, 6.07) is 9.52.